The van der Waals surface area contributed by atoms with Gasteiger partial charge in [0, 0.05) is 0 Å². The Balaban J connectivity index is 2.42. The van der Waals surface area contributed by atoms with Gasteiger partial charge in [-0.05, 0) is 36.7 Å². The fourth-order valence-corrected chi connectivity index (χ4v) is 2.29. The monoisotopic (exact) mass is 277 g/mol. The molecule has 0 aliphatic rings. The van der Waals surface area contributed by atoms with Crippen LogP contribution < -0.4 is 5.32 Å². The van der Waals surface area contributed by atoms with Gasteiger partial charge in [-0.15, -0.1) is 0 Å². The molecule has 1 atom stereocenters. The molecule has 100 valence electrons. The highest BCUT2D eigenvalue weighted by atomic mass is 35.5. The molecule has 0 spiro atoms. The molecule has 0 aliphatic heterocycles. The van der Waals surface area contributed by atoms with E-state index in [0.29, 0.717) is 0 Å². The minimum atomic E-state index is -0.380. The summed E-state index contributed by atoms with van der Waals surface area (Å²) in [6.07, 6.45) is 0. The molecule has 0 bridgehead atoms. The van der Waals surface area contributed by atoms with Gasteiger partial charge in [-0.3, -0.25) is 0 Å². The van der Waals surface area contributed by atoms with Crippen molar-refractivity contribution in [3.8, 4) is 0 Å². The first-order valence-electron chi connectivity index (χ1n) is 6.36. The molecule has 0 heterocycles. The molecule has 0 radical (unpaired) electrons. The smallest absolute Gasteiger partial charge is 0.142 e. The zero-order valence-corrected chi connectivity index (χ0v) is 11.8. The van der Waals surface area contributed by atoms with Gasteiger partial charge >= 0.3 is 0 Å². The van der Waals surface area contributed by atoms with E-state index in [1.165, 1.54) is 11.6 Å². The molecular weight excluding hydrogens is 261 g/mol. The van der Waals surface area contributed by atoms with Gasteiger partial charge in [-0.25, -0.2) is 4.39 Å². The molecule has 0 amide bonds. The van der Waals surface area contributed by atoms with Crippen LogP contribution in [0, 0.1) is 12.7 Å². The minimum Gasteiger partial charge on any atom is -0.307 e. The van der Waals surface area contributed by atoms with Gasteiger partial charge in [-0.2, -0.15) is 0 Å². The summed E-state index contributed by atoms with van der Waals surface area (Å²) in [6, 6.07) is 13.2. The lowest BCUT2D eigenvalue weighted by Crippen LogP contribution is -2.22. The summed E-state index contributed by atoms with van der Waals surface area (Å²) in [5.74, 6) is -0.380. The maximum atomic E-state index is 13.6. The van der Waals surface area contributed by atoms with E-state index in [1.807, 2.05) is 25.1 Å². The summed E-state index contributed by atoms with van der Waals surface area (Å²) in [5.41, 5.74) is 3.20. The van der Waals surface area contributed by atoms with Crippen LogP contribution in [0.5, 0.6) is 0 Å². The average Bonchev–Trinajstić information content (AvgIpc) is 2.39. The fourth-order valence-electron chi connectivity index (χ4n) is 2.17. The standard InChI is InChI=1S/C16H17ClFN/c1-3-19-16(12-6-4-5-11(2)9-12)13-7-8-14(17)15(18)10-13/h4-10,16,19H,3H2,1-2H3. The Labute approximate surface area is 118 Å². The van der Waals surface area contributed by atoms with Crippen LogP contribution in [0.2, 0.25) is 5.02 Å². The summed E-state index contributed by atoms with van der Waals surface area (Å²) in [4.78, 5) is 0. The van der Waals surface area contributed by atoms with Crippen molar-refractivity contribution in [3.63, 3.8) is 0 Å². The molecule has 1 unspecified atom stereocenters. The van der Waals surface area contributed by atoms with Gasteiger partial charge in [0.2, 0.25) is 0 Å². The first-order chi connectivity index (χ1) is 9.11. The van der Waals surface area contributed by atoms with Crippen molar-refractivity contribution >= 4 is 11.6 Å². The van der Waals surface area contributed by atoms with Crippen LogP contribution in [-0.4, -0.2) is 6.54 Å². The van der Waals surface area contributed by atoms with Crippen molar-refractivity contribution in [2.24, 2.45) is 0 Å². The van der Waals surface area contributed by atoms with E-state index in [2.05, 4.69) is 24.4 Å². The third-order valence-corrected chi connectivity index (χ3v) is 3.37. The van der Waals surface area contributed by atoms with Crippen LogP contribution in [0.3, 0.4) is 0 Å². The fraction of sp³-hybridized carbons (Fsp3) is 0.250. The predicted molar refractivity (Wildman–Crippen MR) is 78.1 cm³/mol. The van der Waals surface area contributed by atoms with Crippen molar-refractivity contribution in [1.82, 2.24) is 5.32 Å². The lowest BCUT2D eigenvalue weighted by Gasteiger charge is -2.19. The lowest BCUT2D eigenvalue weighted by molar-refractivity contribution is 0.603. The van der Waals surface area contributed by atoms with Gasteiger partial charge < -0.3 is 5.32 Å². The molecule has 1 nitrogen and oxygen atoms in total. The number of hydrogen-bond acceptors (Lipinski definition) is 1. The Bertz CT molecular complexity index is 568. The normalized spacial score (nSPS) is 12.4. The van der Waals surface area contributed by atoms with Gasteiger partial charge in [0.1, 0.15) is 5.82 Å². The van der Waals surface area contributed by atoms with Gasteiger partial charge in [0.05, 0.1) is 11.1 Å². The van der Waals surface area contributed by atoms with Crippen LogP contribution in [0.1, 0.15) is 29.7 Å². The Morgan fingerprint density at radius 1 is 1.16 bits per heavy atom. The van der Waals surface area contributed by atoms with E-state index in [0.717, 1.165) is 17.7 Å². The maximum absolute atomic E-state index is 13.6. The first kappa shape index (κ1) is 14.0. The largest absolute Gasteiger partial charge is 0.307 e. The van der Waals surface area contributed by atoms with Crippen molar-refractivity contribution in [1.29, 1.82) is 0 Å². The molecule has 0 saturated heterocycles. The number of benzene rings is 2. The number of hydrogen-bond donors (Lipinski definition) is 1. The lowest BCUT2D eigenvalue weighted by atomic mass is 9.97. The highest BCUT2D eigenvalue weighted by Gasteiger charge is 2.14. The molecule has 19 heavy (non-hydrogen) atoms. The zero-order chi connectivity index (χ0) is 13.8. The molecule has 2 aromatic rings. The van der Waals surface area contributed by atoms with Crippen LogP contribution in [0.4, 0.5) is 4.39 Å². The summed E-state index contributed by atoms with van der Waals surface area (Å²) in [5, 5.41) is 3.54. The number of rotatable bonds is 4. The Morgan fingerprint density at radius 2 is 1.89 bits per heavy atom. The summed E-state index contributed by atoms with van der Waals surface area (Å²) in [7, 11) is 0. The van der Waals surface area contributed by atoms with Crippen LogP contribution in [0.25, 0.3) is 0 Å². The number of aryl methyl sites for hydroxylation is 1. The molecule has 1 N–H and O–H groups in total. The second kappa shape index (κ2) is 6.18. The quantitative estimate of drug-likeness (QED) is 0.868. The van der Waals surface area contributed by atoms with E-state index in [9.17, 15) is 4.39 Å². The SMILES string of the molecule is CCNC(c1cccc(C)c1)c1ccc(Cl)c(F)c1. The molecule has 2 rings (SSSR count). The summed E-state index contributed by atoms with van der Waals surface area (Å²) < 4.78 is 13.6. The predicted octanol–water partition coefficient (Wildman–Crippen LogP) is 4.49. The molecule has 0 fully saturated rings. The molecule has 0 saturated carbocycles. The molecule has 0 aromatic heterocycles. The topological polar surface area (TPSA) is 12.0 Å². The molecule has 2 aromatic carbocycles. The van der Waals surface area contributed by atoms with Crippen LogP contribution >= 0.6 is 11.6 Å². The minimum absolute atomic E-state index is 0.0170. The Hall–Kier alpha value is -1.38. The van der Waals surface area contributed by atoms with Crippen LogP contribution in [-0.2, 0) is 0 Å². The van der Waals surface area contributed by atoms with Gasteiger partial charge in [0.15, 0.2) is 0 Å². The molecule has 0 aliphatic carbocycles. The van der Waals surface area contributed by atoms with Crippen molar-refractivity contribution in [2.75, 3.05) is 6.54 Å². The van der Waals surface area contributed by atoms with E-state index < -0.39 is 0 Å². The van der Waals surface area contributed by atoms with E-state index >= 15 is 0 Å². The number of nitrogens with one attached hydrogen (secondary N) is 1. The van der Waals surface area contributed by atoms with E-state index in [4.69, 9.17) is 11.6 Å². The van der Waals surface area contributed by atoms with Gasteiger partial charge in [-0.1, -0.05) is 54.4 Å². The highest BCUT2D eigenvalue weighted by Crippen LogP contribution is 2.26. The third kappa shape index (κ3) is 3.34. The van der Waals surface area contributed by atoms with E-state index in [1.54, 1.807) is 6.07 Å². The Kier molecular flexibility index (Phi) is 4.56. The summed E-state index contributed by atoms with van der Waals surface area (Å²) >= 11 is 5.74. The van der Waals surface area contributed by atoms with E-state index in [-0.39, 0.29) is 16.9 Å². The van der Waals surface area contributed by atoms with Crippen molar-refractivity contribution in [2.45, 2.75) is 19.9 Å². The molecule has 3 heteroatoms. The molecular formula is C16H17ClFN. The van der Waals surface area contributed by atoms with Gasteiger partial charge in [0.25, 0.3) is 0 Å². The van der Waals surface area contributed by atoms with Crippen molar-refractivity contribution < 1.29 is 4.39 Å². The third-order valence-electron chi connectivity index (χ3n) is 3.06. The summed E-state index contributed by atoms with van der Waals surface area (Å²) in [6.45, 7) is 4.90. The number of halogens is 2. The average molecular weight is 278 g/mol. The first-order valence-corrected chi connectivity index (χ1v) is 6.74. The van der Waals surface area contributed by atoms with Crippen LogP contribution in [0.15, 0.2) is 42.5 Å². The zero-order valence-electron chi connectivity index (χ0n) is 11.1. The Morgan fingerprint density at radius 3 is 2.53 bits per heavy atom. The van der Waals surface area contributed by atoms with Crippen molar-refractivity contribution in [3.05, 3.63) is 70.0 Å². The second-order valence-corrected chi connectivity index (χ2v) is 4.99. The second-order valence-electron chi connectivity index (χ2n) is 4.58. The highest BCUT2D eigenvalue weighted by molar-refractivity contribution is 6.30. The maximum Gasteiger partial charge on any atom is 0.142 e.